The Morgan fingerprint density at radius 2 is 1.62 bits per heavy atom. The Labute approximate surface area is 211 Å². The van der Waals surface area contributed by atoms with E-state index in [2.05, 4.69) is 20.6 Å². The van der Waals surface area contributed by atoms with Crippen molar-refractivity contribution < 1.29 is 23.9 Å². The lowest BCUT2D eigenvalue weighted by molar-refractivity contribution is -0.384. The Bertz CT molecular complexity index is 1480. The van der Waals surface area contributed by atoms with Gasteiger partial charge in [0.2, 0.25) is 5.75 Å². The van der Waals surface area contributed by atoms with Gasteiger partial charge in [0.15, 0.2) is 17.3 Å². The van der Waals surface area contributed by atoms with Crippen LogP contribution >= 0.6 is 0 Å². The standard InChI is InChI=1S/C26H23N5O6/c1-35-21-13-16(14-22(36-2)24(21)37-3)11-12-23-28-20-10-5-4-9-19(20)25(29-23)30-26(32)27-17-7-6-8-18(15-17)31(33)34/h4-15H,1-3H3,(H2,27,28,29,30,32)/b12-11+. The molecule has 0 radical (unpaired) electrons. The number of methoxy groups -OCH3 is 3. The normalized spacial score (nSPS) is 10.8. The fraction of sp³-hybridized carbons (Fsp3) is 0.115. The molecule has 2 N–H and O–H groups in total. The minimum atomic E-state index is -0.607. The van der Waals surface area contributed by atoms with Crippen LogP contribution < -0.4 is 24.8 Å². The van der Waals surface area contributed by atoms with Gasteiger partial charge >= 0.3 is 6.03 Å². The predicted octanol–water partition coefficient (Wildman–Crippen LogP) is 5.38. The average Bonchev–Trinajstić information content (AvgIpc) is 2.91. The number of amides is 2. The lowest BCUT2D eigenvalue weighted by Gasteiger charge is -2.13. The van der Waals surface area contributed by atoms with E-state index < -0.39 is 11.0 Å². The van der Waals surface area contributed by atoms with Crippen LogP contribution in [-0.4, -0.2) is 42.3 Å². The molecule has 0 aliphatic heterocycles. The van der Waals surface area contributed by atoms with Crippen molar-refractivity contribution in [3.05, 3.63) is 82.2 Å². The number of nitro benzene ring substituents is 1. The lowest BCUT2D eigenvalue weighted by Crippen LogP contribution is -2.20. The summed E-state index contributed by atoms with van der Waals surface area (Å²) in [5.74, 6) is 2.10. The van der Waals surface area contributed by atoms with Crippen molar-refractivity contribution in [1.29, 1.82) is 0 Å². The van der Waals surface area contributed by atoms with Gasteiger partial charge < -0.3 is 19.5 Å². The van der Waals surface area contributed by atoms with Gasteiger partial charge in [0, 0.05) is 23.2 Å². The number of urea groups is 1. The Morgan fingerprint density at radius 3 is 2.30 bits per heavy atom. The number of aromatic nitrogens is 2. The van der Waals surface area contributed by atoms with Crippen LogP contribution in [0, 0.1) is 10.1 Å². The van der Waals surface area contributed by atoms with E-state index in [0.717, 1.165) is 5.56 Å². The molecule has 11 nitrogen and oxygen atoms in total. The summed E-state index contributed by atoms with van der Waals surface area (Å²) in [6.45, 7) is 0. The van der Waals surface area contributed by atoms with E-state index in [-0.39, 0.29) is 17.2 Å². The number of para-hydroxylation sites is 1. The van der Waals surface area contributed by atoms with Crippen LogP contribution in [0.15, 0.2) is 60.7 Å². The number of ether oxygens (including phenoxy) is 3. The maximum absolute atomic E-state index is 12.7. The molecular formula is C26H23N5O6. The third-order valence-electron chi connectivity index (χ3n) is 5.28. The van der Waals surface area contributed by atoms with Crippen molar-refractivity contribution in [1.82, 2.24) is 9.97 Å². The van der Waals surface area contributed by atoms with Crippen LogP contribution in [0.1, 0.15) is 11.4 Å². The first kappa shape index (κ1) is 24.9. The zero-order valence-corrected chi connectivity index (χ0v) is 20.2. The molecule has 11 heteroatoms. The lowest BCUT2D eigenvalue weighted by atomic mass is 10.1. The molecular weight excluding hydrogens is 478 g/mol. The monoisotopic (exact) mass is 501 g/mol. The van der Waals surface area contributed by atoms with Crippen LogP contribution in [0.2, 0.25) is 0 Å². The van der Waals surface area contributed by atoms with Crippen molar-refractivity contribution in [3.8, 4) is 17.2 Å². The van der Waals surface area contributed by atoms with Gasteiger partial charge in [-0.05, 0) is 42.0 Å². The zero-order valence-electron chi connectivity index (χ0n) is 20.2. The number of hydrogen-bond acceptors (Lipinski definition) is 8. The van der Waals surface area contributed by atoms with Gasteiger partial charge in [-0.2, -0.15) is 0 Å². The Balaban J connectivity index is 1.63. The molecule has 37 heavy (non-hydrogen) atoms. The second-order valence-electron chi connectivity index (χ2n) is 7.63. The first-order chi connectivity index (χ1) is 17.9. The molecule has 0 spiro atoms. The number of carbonyl (C=O) groups excluding carboxylic acids is 1. The highest BCUT2D eigenvalue weighted by Gasteiger charge is 2.14. The van der Waals surface area contributed by atoms with Gasteiger partial charge in [0.25, 0.3) is 5.69 Å². The van der Waals surface area contributed by atoms with Crippen molar-refractivity contribution in [2.24, 2.45) is 0 Å². The summed E-state index contributed by atoms with van der Waals surface area (Å²) in [5, 5.41) is 16.9. The molecule has 1 aromatic heterocycles. The van der Waals surface area contributed by atoms with Gasteiger partial charge in [-0.3, -0.25) is 15.4 Å². The Hall–Kier alpha value is -5.19. The van der Waals surface area contributed by atoms with Crippen LogP contribution in [0.25, 0.3) is 23.1 Å². The van der Waals surface area contributed by atoms with Crippen molar-refractivity contribution in [3.63, 3.8) is 0 Å². The minimum absolute atomic E-state index is 0.135. The summed E-state index contributed by atoms with van der Waals surface area (Å²) in [6, 6.07) is 15.8. The summed E-state index contributed by atoms with van der Waals surface area (Å²) < 4.78 is 16.2. The number of rotatable bonds is 8. The second kappa shape index (κ2) is 11.0. The first-order valence-electron chi connectivity index (χ1n) is 11.0. The highest BCUT2D eigenvalue weighted by molar-refractivity contribution is 6.04. The molecule has 0 fully saturated rings. The van der Waals surface area contributed by atoms with Gasteiger partial charge in [-0.15, -0.1) is 0 Å². The fourth-order valence-electron chi connectivity index (χ4n) is 3.60. The van der Waals surface area contributed by atoms with Crippen molar-refractivity contribution in [2.45, 2.75) is 0 Å². The molecule has 0 aliphatic rings. The number of nitrogens with zero attached hydrogens (tertiary/aromatic N) is 3. The summed E-state index contributed by atoms with van der Waals surface area (Å²) in [7, 11) is 4.60. The fourth-order valence-corrected chi connectivity index (χ4v) is 3.60. The molecule has 0 saturated carbocycles. The molecule has 0 aliphatic carbocycles. The molecule has 0 atom stereocenters. The van der Waals surface area contributed by atoms with Crippen LogP contribution in [-0.2, 0) is 0 Å². The second-order valence-corrected chi connectivity index (χ2v) is 7.63. The number of fused-ring (bicyclic) bond motifs is 1. The third kappa shape index (κ3) is 5.73. The molecule has 0 saturated heterocycles. The van der Waals surface area contributed by atoms with Crippen molar-refractivity contribution in [2.75, 3.05) is 32.0 Å². The van der Waals surface area contributed by atoms with E-state index >= 15 is 0 Å². The maximum Gasteiger partial charge on any atom is 0.324 e. The Morgan fingerprint density at radius 1 is 0.892 bits per heavy atom. The van der Waals surface area contributed by atoms with Gasteiger partial charge in [-0.25, -0.2) is 14.8 Å². The van der Waals surface area contributed by atoms with Crippen molar-refractivity contribution >= 4 is 46.3 Å². The Kier molecular flexibility index (Phi) is 7.43. The van der Waals surface area contributed by atoms with Crippen LogP contribution in [0.5, 0.6) is 17.2 Å². The summed E-state index contributed by atoms with van der Waals surface area (Å²) >= 11 is 0. The van der Waals surface area contributed by atoms with E-state index in [9.17, 15) is 14.9 Å². The SMILES string of the molecule is COc1cc(/C=C/c2nc(NC(=O)Nc3cccc([N+](=O)[O-])c3)c3ccccc3n2)cc(OC)c1OC. The summed E-state index contributed by atoms with van der Waals surface area (Å²) in [5.41, 5.74) is 1.51. The largest absolute Gasteiger partial charge is 0.493 e. The number of carbonyl (C=O) groups is 1. The molecule has 4 rings (SSSR count). The topological polar surface area (TPSA) is 138 Å². The van der Waals surface area contributed by atoms with E-state index in [4.69, 9.17) is 14.2 Å². The number of nitro groups is 1. The van der Waals surface area contributed by atoms with Gasteiger partial charge in [-0.1, -0.05) is 24.3 Å². The van der Waals surface area contributed by atoms with Crippen LogP contribution in [0.4, 0.5) is 22.0 Å². The highest BCUT2D eigenvalue weighted by atomic mass is 16.6. The van der Waals surface area contributed by atoms with Gasteiger partial charge in [0.05, 0.1) is 31.8 Å². The predicted molar refractivity (Wildman–Crippen MR) is 140 cm³/mol. The highest BCUT2D eigenvalue weighted by Crippen LogP contribution is 2.38. The van der Waals surface area contributed by atoms with E-state index in [0.29, 0.717) is 34.0 Å². The molecule has 3 aromatic carbocycles. The first-order valence-corrected chi connectivity index (χ1v) is 11.0. The van der Waals surface area contributed by atoms with E-state index in [1.807, 2.05) is 6.07 Å². The molecule has 0 unspecified atom stereocenters. The molecule has 1 heterocycles. The van der Waals surface area contributed by atoms with E-state index in [1.54, 1.807) is 48.6 Å². The molecule has 0 bridgehead atoms. The molecule has 2 amide bonds. The zero-order chi connectivity index (χ0) is 26.4. The summed E-state index contributed by atoms with van der Waals surface area (Å²) in [4.78, 5) is 32.2. The minimum Gasteiger partial charge on any atom is -0.493 e. The smallest absolute Gasteiger partial charge is 0.324 e. The van der Waals surface area contributed by atoms with Crippen LogP contribution in [0.3, 0.4) is 0 Å². The van der Waals surface area contributed by atoms with E-state index in [1.165, 1.54) is 39.5 Å². The summed E-state index contributed by atoms with van der Waals surface area (Å²) in [6.07, 6.45) is 3.47. The quantitative estimate of drug-likeness (QED) is 0.242. The van der Waals surface area contributed by atoms with Gasteiger partial charge in [0.1, 0.15) is 5.82 Å². The molecule has 4 aromatic rings. The molecule has 188 valence electrons. The number of benzene rings is 3. The number of anilines is 2. The number of non-ortho nitro benzene ring substituents is 1. The number of hydrogen-bond donors (Lipinski definition) is 2. The third-order valence-corrected chi connectivity index (χ3v) is 5.28. The number of nitrogens with one attached hydrogen (secondary N) is 2. The average molecular weight is 501 g/mol. The maximum atomic E-state index is 12.7.